The molecule has 3 aromatic rings. The van der Waals surface area contributed by atoms with Crippen LogP contribution in [0.2, 0.25) is 5.02 Å². The van der Waals surface area contributed by atoms with E-state index in [2.05, 4.69) is 37.4 Å². The topological polar surface area (TPSA) is 61.7 Å². The molecule has 1 aliphatic rings. The number of benzodiazepines with no additional fused rings is 1. The number of aliphatic imine (C=N–C) groups is 1. The molecule has 1 unspecified atom stereocenters. The van der Waals surface area contributed by atoms with E-state index in [-0.39, 0.29) is 11.7 Å². The molecular formula is C26H25ClN2O2. The Kier molecular flexibility index (Phi) is 6.10. The molecule has 1 amide bonds. The lowest BCUT2D eigenvalue weighted by atomic mass is 9.95. The van der Waals surface area contributed by atoms with E-state index in [1.54, 1.807) is 36.4 Å². The number of fused-ring (bicyclic) bond motifs is 1. The lowest BCUT2D eigenvalue weighted by Crippen LogP contribution is -2.28. The van der Waals surface area contributed by atoms with Crippen molar-refractivity contribution >= 4 is 28.9 Å². The Balaban J connectivity index is 1.80. The average Bonchev–Trinajstić information content (AvgIpc) is 2.91. The number of aromatic hydroxyl groups is 1. The fourth-order valence-electron chi connectivity index (χ4n) is 3.94. The van der Waals surface area contributed by atoms with Gasteiger partial charge in [-0.1, -0.05) is 43.6 Å². The van der Waals surface area contributed by atoms with Gasteiger partial charge in [0, 0.05) is 22.6 Å². The molecule has 1 atom stereocenters. The minimum absolute atomic E-state index is 0.140. The van der Waals surface area contributed by atoms with E-state index in [0.29, 0.717) is 22.8 Å². The predicted molar refractivity (Wildman–Crippen MR) is 127 cm³/mol. The van der Waals surface area contributed by atoms with Crippen molar-refractivity contribution in [1.82, 2.24) is 0 Å². The molecule has 31 heavy (non-hydrogen) atoms. The molecule has 0 saturated heterocycles. The van der Waals surface area contributed by atoms with Crippen LogP contribution >= 0.6 is 11.6 Å². The first-order valence-corrected chi connectivity index (χ1v) is 10.9. The number of hydrogen-bond donors (Lipinski definition) is 2. The molecule has 0 aromatic heterocycles. The van der Waals surface area contributed by atoms with Crippen LogP contribution in [0.3, 0.4) is 0 Å². The largest absolute Gasteiger partial charge is 0.508 e. The summed E-state index contributed by atoms with van der Waals surface area (Å²) in [4.78, 5) is 18.0. The third-order valence-corrected chi connectivity index (χ3v) is 5.93. The minimum atomic E-state index is -0.576. The maximum absolute atomic E-state index is 13.1. The lowest BCUT2D eigenvalue weighted by molar-refractivity contribution is -0.117. The van der Waals surface area contributed by atoms with E-state index < -0.39 is 6.04 Å². The van der Waals surface area contributed by atoms with Gasteiger partial charge >= 0.3 is 0 Å². The first-order chi connectivity index (χ1) is 15.0. The quantitative estimate of drug-likeness (QED) is 0.553. The van der Waals surface area contributed by atoms with E-state index in [0.717, 1.165) is 29.5 Å². The highest BCUT2D eigenvalue weighted by Crippen LogP contribution is 2.29. The molecule has 0 aliphatic carbocycles. The Hall–Kier alpha value is -3.11. The van der Waals surface area contributed by atoms with Crippen LogP contribution in [0.15, 0.2) is 65.7 Å². The zero-order valence-corrected chi connectivity index (χ0v) is 18.4. The molecule has 0 bridgehead atoms. The molecule has 158 valence electrons. The van der Waals surface area contributed by atoms with Crippen molar-refractivity contribution in [2.24, 2.45) is 4.99 Å². The molecule has 4 rings (SSSR count). The van der Waals surface area contributed by atoms with Gasteiger partial charge in [0.25, 0.3) is 0 Å². The summed E-state index contributed by atoms with van der Waals surface area (Å²) in [6.45, 7) is 4.28. The van der Waals surface area contributed by atoms with Gasteiger partial charge in [-0.2, -0.15) is 0 Å². The standard InChI is InChI=1S/C26H25ClN2O2/c1-3-16-5-6-19(17(4-2)13-16)14-24-26(31)29-23-12-9-20(27)15-22(23)25(28-24)18-7-10-21(30)11-8-18/h5-13,15,24,30H,3-4,14H2,1-2H3,(H,29,31). The summed E-state index contributed by atoms with van der Waals surface area (Å²) in [5, 5.41) is 13.3. The summed E-state index contributed by atoms with van der Waals surface area (Å²) in [5.74, 6) is 0.0395. The first kappa shape index (κ1) is 21.1. The Morgan fingerprint density at radius 3 is 2.45 bits per heavy atom. The van der Waals surface area contributed by atoms with Crippen LogP contribution in [0.25, 0.3) is 0 Å². The second kappa shape index (κ2) is 8.94. The van der Waals surface area contributed by atoms with Crippen LogP contribution in [0.4, 0.5) is 5.69 Å². The van der Waals surface area contributed by atoms with Gasteiger partial charge in [-0.05, 0) is 72.0 Å². The van der Waals surface area contributed by atoms with Crippen LogP contribution in [-0.2, 0) is 24.1 Å². The van der Waals surface area contributed by atoms with Crippen LogP contribution in [0, 0.1) is 0 Å². The van der Waals surface area contributed by atoms with E-state index in [1.165, 1.54) is 11.1 Å². The van der Waals surface area contributed by atoms with Gasteiger partial charge in [0.05, 0.1) is 11.4 Å². The van der Waals surface area contributed by atoms with Crippen molar-refractivity contribution in [1.29, 1.82) is 0 Å². The number of nitrogens with zero attached hydrogens (tertiary/aromatic N) is 1. The number of aryl methyl sites for hydroxylation is 2. The number of halogens is 1. The van der Waals surface area contributed by atoms with Gasteiger partial charge < -0.3 is 10.4 Å². The summed E-state index contributed by atoms with van der Waals surface area (Å²) in [6, 6.07) is 18.1. The van der Waals surface area contributed by atoms with Gasteiger partial charge in [0.15, 0.2) is 0 Å². The molecule has 0 fully saturated rings. The normalized spacial score (nSPS) is 15.6. The van der Waals surface area contributed by atoms with Crippen molar-refractivity contribution in [2.75, 3.05) is 5.32 Å². The number of carbonyl (C=O) groups is 1. The van der Waals surface area contributed by atoms with E-state index in [9.17, 15) is 9.90 Å². The summed E-state index contributed by atoms with van der Waals surface area (Å²) in [5.41, 5.74) is 6.63. The van der Waals surface area contributed by atoms with Crippen LogP contribution in [-0.4, -0.2) is 22.8 Å². The van der Waals surface area contributed by atoms with Crippen molar-refractivity contribution < 1.29 is 9.90 Å². The summed E-state index contributed by atoms with van der Waals surface area (Å²) < 4.78 is 0. The molecule has 3 aromatic carbocycles. The van der Waals surface area contributed by atoms with E-state index in [1.807, 2.05) is 6.07 Å². The molecule has 5 heteroatoms. The van der Waals surface area contributed by atoms with Gasteiger partial charge in [-0.15, -0.1) is 0 Å². The van der Waals surface area contributed by atoms with Gasteiger partial charge in [0.2, 0.25) is 5.91 Å². The molecule has 2 N–H and O–H groups in total. The number of hydrogen-bond acceptors (Lipinski definition) is 3. The van der Waals surface area contributed by atoms with Crippen LogP contribution in [0.1, 0.15) is 41.7 Å². The van der Waals surface area contributed by atoms with E-state index in [4.69, 9.17) is 16.6 Å². The molecule has 1 heterocycles. The number of carbonyl (C=O) groups excluding carboxylic acids is 1. The fourth-order valence-corrected chi connectivity index (χ4v) is 4.12. The van der Waals surface area contributed by atoms with Crippen molar-refractivity contribution in [3.63, 3.8) is 0 Å². The second-order valence-corrected chi connectivity index (χ2v) is 8.17. The SMILES string of the molecule is CCc1ccc(CC2N=C(c3ccc(O)cc3)c3cc(Cl)ccc3NC2=O)c(CC)c1. The highest BCUT2D eigenvalue weighted by Gasteiger charge is 2.27. The first-order valence-electron chi connectivity index (χ1n) is 10.6. The maximum Gasteiger partial charge on any atom is 0.249 e. The number of rotatable bonds is 5. The Morgan fingerprint density at radius 2 is 1.74 bits per heavy atom. The van der Waals surface area contributed by atoms with Crippen LogP contribution < -0.4 is 5.32 Å². The van der Waals surface area contributed by atoms with Crippen molar-refractivity contribution in [2.45, 2.75) is 39.2 Å². The fraction of sp³-hybridized carbons (Fsp3) is 0.231. The smallest absolute Gasteiger partial charge is 0.249 e. The highest BCUT2D eigenvalue weighted by atomic mass is 35.5. The summed E-state index contributed by atoms with van der Waals surface area (Å²) in [6.07, 6.45) is 2.40. The number of phenols is 1. The Morgan fingerprint density at radius 1 is 0.968 bits per heavy atom. The third-order valence-electron chi connectivity index (χ3n) is 5.70. The third kappa shape index (κ3) is 4.49. The Bertz CT molecular complexity index is 1150. The molecule has 0 radical (unpaired) electrons. The second-order valence-electron chi connectivity index (χ2n) is 7.73. The molecular weight excluding hydrogens is 408 g/mol. The van der Waals surface area contributed by atoms with Crippen molar-refractivity contribution in [3.8, 4) is 5.75 Å². The monoisotopic (exact) mass is 432 g/mol. The number of nitrogens with one attached hydrogen (secondary N) is 1. The summed E-state index contributed by atoms with van der Waals surface area (Å²) >= 11 is 6.27. The van der Waals surface area contributed by atoms with E-state index >= 15 is 0 Å². The number of amides is 1. The lowest BCUT2D eigenvalue weighted by Gasteiger charge is -2.15. The molecule has 0 saturated carbocycles. The molecule has 1 aliphatic heterocycles. The number of anilines is 1. The molecule has 0 spiro atoms. The average molecular weight is 433 g/mol. The highest BCUT2D eigenvalue weighted by molar-refractivity contribution is 6.32. The summed E-state index contributed by atoms with van der Waals surface area (Å²) in [7, 11) is 0. The Labute approximate surface area is 187 Å². The van der Waals surface area contributed by atoms with Crippen molar-refractivity contribution in [3.05, 3.63) is 93.5 Å². The maximum atomic E-state index is 13.1. The minimum Gasteiger partial charge on any atom is -0.508 e. The zero-order valence-electron chi connectivity index (χ0n) is 17.7. The van der Waals surface area contributed by atoms with Crippen LogP contribution in [0.5, 0.6) is 5.75 Å². The number of benzene rings is 3. The zero-order chi connectivity index (χ0) is 22.0. The van der Waals surface area contributed by atoms with Gasteiger partial charge in [-0.3, -0.25) is 9.79 Å². The predicted octanol–water partition coefficient (Wildman–Crippen LogP) is 5.57. The van der Waals surface area contributed by atoms with Gasteiger partial charge in [0.1, 0.15) is 11.8 Å². The number of phenolic OH excluding ortho intramolecular Hbond substituents is 1. The molecule has 4 nitrogen and oxygen atoms in total. The van der Waals surface area contributed by atoms with Gasteiger partial charge in [-0.25, -0.2) is 0 Å².